The smallest absolute Gasteiger partial charge is 0.163 e. The van der Waals surface area contributed by atoms with E-state index in [4.69, 9.17) is 10.5 Å². The van der Waals surface area contributed by atoms with Gasteiger partial charge in [-0.1, -0.05) is 15.9 Å². The van der Waals surface area contributed by atoms with Crippen LogP contribution in [0.15, 0.2) is 27.1 Å². The lowest BCUT2D eigenvalue weighted by Crippen LogP contribution is -2.02. The molecule has 0 aliphatic heterocycles. The van der Waals surface area contributed by atoms with Gasteiger partial charge in [0.2, 0.25) is 0 Å². The van der Waals surface area contributed by atoms with E-state index in [9.17, 15) is 0 Å². The van der Waals surface area contributed by atoms with E-state index in [0.29, 0.717) is 17.6 Å². The fraction of sp³-hybridized carbons (Fsp3) is 0.286. The Morgan fingerprint density at radius 1 is 1.25 bits per heavy atom. The molecule has 0 spiro atoms. The molecule has 1 fully saturated rings. The Balaban J connectivity index is 2.14. The lowest BCUT2D eigenvalue weighted by molar-refractivity contribution is 0.415. The second kappa shape index (κ2) is 5.33. The number of halogens is 2. The van der Waals surface area contributed by atoms with E-state index < -0.39 is 0 Å². The van der Waals surface area contributed by atoms with Gasteiger partial charge in [0.25, 0.3) is 0 Å². The maximum atomic E-state index is 6.00. The molecule has 0 atom stereocenters. The summed E-state index contributed by atoms with van der Waals surface area (Å²) in [5.41, 5.74) is 7.88. The summed E-state index contributed by atoms with van der Waals surface area (Å²) in [6.07, 6.45) is 2.32. The number of rotatable bonds is 3. The van der Waals surface area contributed by atoms with Gasteiger partial charge in [0.05, 0.1) is 17.3 Å². The number of anilines is 1. The molecule has 6 heteroatoms. The summed E-state index contributed by atoms with van der Waals surface area (Å²) in [6.45, 7) is 0. The van der Waals surface area contributed by atoms with E-state index in [1.54, 1.807) is 7.11 Å². The zero-order chi connectivity index (χ0) is 14.3. The lowest BCUT2D eigenvalue weighted by Gasteiger charge is -2.10. The summed E-state index contributed by atoms with van der Waals surface area (Å²) in [7, 11) is 1.64. The number of aromatic nitrogens is 2. The molecule has 20 heavy (non-hydrogen) atoms. The summed E-state index contributed by atoms with van der Waals surface area (Å²) in [5.74, 6) is 2.36. The molecular weight excluding hydrogens is 386 g/mol. The van der Waals surface area contributed by atoms with E-state index in [0.717, 1.165) is 38.8 Å². The fourth-order valence-electron chi connectivity index (χ4n) is 2.03. The Kier molecular flexibility index (Phi) is 3.69. The molecule has 2 N–H and O–H groups in total. The van der Waals surface area contributed by atoms with E-state index in [1.807, 2.05) is 18.2 Å². The van der Waals surface area contributed by atoms with Crippen molar-refractivity contribution in [1.29, 1.82) is 0 Å². The molecule has 0 amide bonds. The Labute approximate surface area is 134 Å². The van der Waals surface area contributed by atoms with Gasteiger partial charge in [-0.2, -0.15) is 0 Å². The van der Waals surface area contributed by atoms with Gasteiger partial charge in [0.15, 0.2) is 5.82 Å². The highest BCUT2D eigenvalue weighted by atomic mass is 79.9. The summed E-state index contributed by atoms with van der Waals surface area (Å²) in [5, 5.41) is 0. The zero-order valence-electron chi connectivity index (χ0n) is 10.9. The first-order chi connectivity index (χ1) is 9.60. The van der Waals surface area contributed by atoms with Crippen molar-refractivity contribution in [2.75, 3.05) is 12.8 Å². The zero-order valence-corrected chi connectivity index (χ0v) is 14.0. The summed E-state index contributed by atoms with van der Waals surface area (Å²) in [6, 6.07) is 5.72. The van der Waals surface area contributed by atoms with Gasteiger partial charge in [-0.25, -0.2) is 9.97 Å². The number of hydrogen-bond donors (Lipinski definition) is 1. The number of nitrogens with zero attached hydrogens (tertiary/aromatic N) is 2. The SMILES string of the molecule is COc1ccc(Br)c(-c2nc(N)c(Br)c(C3CC3)n2)c1. The third-order valence-electron chi connectivity index (χ3n) is 3.28. The Hall–Kier alpha value is -1.14. The fourth-order valence-corrected chi connectivity index (χ4v) is 2.96. The molecule has 1 saturated carbocycles. The van der Waals surface area contributed by atoms with Crippen LogP contribution in [0.5, 0.6) is 5.75 Å². The van der Waals surface area contributed by atoms with Crippen molar-refractivity contribution in [3.05, 3.63) is 32.8 Å². The molecule has 1 aliphatic carbocycles. The van der Waals surface area contributed by atoms with Gasteiger partial charge in [-0.05, 0) is 47.0 Å². The van der Waals surface area contributed by atoms with Crippen LogP contribution < -0.4 is 10.5 Å². The first-order valence-electron chi connectivity index (χ1n) is 6.27. The number of nitrogens with two attached hydrogens (primary N) is 1. The molecule has 0 saturated heterocycles. The molecule has 1 aromatic carbocycles. The predicted molar refractivity (Wildman–Crippen MR) is 85.8 cm³/mol. The van der Waals surface area contributed by atoms with Crippen LogP contribution in [0.3, 0.4) is 0 Å². The molecule has 104 valence electrons. The lowest BCUT2D eigenvalue weighted by atomic mass is 10.2. The highest BCUT2D eigenvalue weighted by Gasteiger charge is 2.29. The monoisotopic (exact) mass is 397 g/mol. The molecule has 0 bridgehead atoms. The van der Waals surface area contributed by atoms with Gasteiger partial charge >= 0.3 is 0 Å². The third-order valence-corrected chi connectivity index (χ3v) is 4.78. The second-order valence-electron chi connectivity index (χ2n) is 4.75. The molecule has 0 radical (unpaired) electrons. The molecule has 4 nitrogen and oxygen atoms in total. The van der Waals surface area contributed by atoms with Gasteiger partial charge in [0, 0.05) is 16.0 Å². The van der Waals surface area contributed by atoms with E-state index in [2.05, 4.69) is 41.8 Å². The Bertz CT molecular complexity index is 672. The van der Waals surface area contributed by atoms with E-state index >= 15 is 0 Å². The normalized spacial score (nSPS) is 14.3. The Morgan fingerprint density at radius 3 is 2.65 bits per heavy atom. The molecular formula is C14H13Br2N3O. The number of hydrogen-bond acceptors (Lipinski definition) is 4. The molecule has 1 heterocycles. The van der Waals surface area contributed by atoms with Crippen molar-refractivity contribution in [1.82, 2.24) is 9.97 Å². The van der Waals surface area contributed by atoms with Crippen molar-refractivity contribution in [3.63, 3.8) is 0 Å². The maximum Gasteiger partial charge on any atom is 0.163 e. The maximum absolute atomic E-state index is 6.00. The van der Waals surface area contributed by atoms with Crippen LogP contribution in [-0.4, -0.2) is 17.1 Å². The molecule has 1 aromatic heterocycles. The van der Waals surface area contributed by atoms with Crippen LogP contribution in [0, 0.1) is 0 Å². The van der Waals surface area contributed by atoms with Crippen LogP contribution in [0.25, 0.3) is 11.4 Å². The highest BCUT2D eigenvalue weighted by Crippen LogP contribution is 2.44. The molecule has 0 unspecified atom stereocenters. The van der Waals surface area contributed by atoms with Crippen LogP contribution in [0.2, 0.25) is 0 Å². The predicted octanol–water partition coefficient (Wildman–Crippen LogP) is 4.14. The third kappa shape index (κ3) is 2.54. The largest absolute Gasteiger partial charge is 0.497 e. The van der Waals surface area contributed by atoms with Crippen LogP contribution in [0.4, 0.5) is 5.82 Å². The first-order valence-corrected chi connectivity index (χ1v) is 7.85. The van der Waals surface area contributed by atoms with Crippen LogP contribution in [-0.2, 0) is 0 Å². The Morgan fingerprint density at radius 2 is 2.00 bits per heavy atom. The first kappa shape index (κ1) is 13.8. The van der Waals surface area contributed by atoms with Crippen molar-refractivity contribution in [3.8, 4) is 17.1 Å². The van der Waals surface area contributed by atoms with Crippen LogP contribution >= 0.6 is 31.9 Å². The van der Waals surface area contributed by atoms with E-state index in [1.165, 1.54) is 0 Å². The van der Waals surface area contributed by atoms with E-state index in [-0.39, 0.29) is 0 Å². The average molecular weight is 399 g/mol. The topological polar surface area (TPSA) is 61.0 Å². The van der Waals surface area contributed by atoms with Crippen molar-refractivity contribution < 1.29 is 4.74 Å². The second-order valence-corrected chi connectivity index (χ2v) is 6.40. The minimum absolute atomic E-state index is 0.478. The summed E-state index contributed by atoms with van der Waals surface area (Å²) >= 11 is 7.02. The highest BCUT2D eigenvalue weighted by molar-refractivity contribution is 9.11. The quantitative estimate of drug-likeness (QED) is 0.843. The van der Waals surface area contributed by atoms with Crippen molar-refractivity contribution in [2.24, 2.45) is 0 Å². The number of nitrogen functional groups attached to an aromatic ring is 1. The minimum Gasteiger partial charge on any atom is -0.497 e. The van der Waals surface area contributed by atoms with Crippen molar-refractivity contribution in [2.45, 2.75) is 18.8 Å². The number of ether oxygens (including phenoxy) is 1. The molecule has 2 aromatic rings. The molecule has 3 rings (SSSR count). The van der Waals surface area contributed by atoms with Gasteiger partial charge < -0.3 is 10.5 Å². The summed E-state index contributed by atoms with van der Waals surface area (Å²) in [4.78, 5) is 9.06. The minimum atomic E-state index is 0.478. The average Bonchev–Trinajstić information content (AvgIpc) is 3.27. The van der Waals surface area contributed by atoms with Gasteiger partial charge in [-0.15, -0.1) is 0 Å². The number of benzene rings is 1. The van der Waals surface area contributed by atoms with Gasteiger partial charge in [0.1, 0.15) is 11.6 Å². The summed E-state index contributed by atoms with van der Waals surface area (Å²) < 4.78 is 7.00. The number of methoxy groups -OCH3 is 1. The van der Waals surface area contributed by atoms with Crippen molar-refractivity contribution >= 4 is 37.7 Å². The van der Waals surface area contributed by atoms with Gasteiger partial charge in [-0.3, -0.25) is 0 Å². The molecule has 1 aliphatic rings. The standard InChI is InChI=1S/C14H13Br2N3O/c1-20-8-4-5-10(15)9(6-8)14-18-12(7-2-3-7)11(16)13(17)19-14/h4-7H,2-3H2,1H3,(H2,17,18,19). The van der Waals surface area contributed by atoms with Crippen LogP contribution in [0.1, 0.15) is 24.5 Å².